The fraction of sp³-hybridized carbons (Fsp3) is 0.417. The highest BCUT2D eigenvalue weighted by Gasteiger charge is 2.22. The molecule has 0 unspecified atom stereocenters. The number of fused-ring (bicyclic) bond motifs is 1. The van der Waals surface area contributed by atoms with Gasteiger partial charge in [0.25, 0.3) is 0 Å². The lowest BCUT2D eigenvalue weighted by atomic mass is 10.00. The largest absolute Gasteiger partial charge is 0.336 e. The maximum atomic E-state index is 14.3. The lowest BCUT2D eigenvalue weighted by Gasteiger charge is -2.31. The van der Waals surface area contributed by atoms with Gasteiger partial charge in [-0.05, 0) is 55.8 Å². The summed E-state index contributed by atoms with van der Waals surface area (Å²) in [6.07, 6.45) is 1.72. The lowest BCUT2D eigenvalue weighted by molar-refractivity contribution is 0.0984. The van der Waals surface area contributed by atoms with Crippen LogP contribution in [0.5, 0.6) is 0 Å². The van der Waals surface area contributed by atoms with Crippen LogP contribution in [-0.4, -0.2) is 54.8 Å². The molecule has 0 spiro atoms. The third-order valence-corrected chi connectivity index (χ3v) is 5.76. The Morgan fingerprint density at radius 2 is 1.90 bits per heavy atom. The Balaban J connectivity index is 1.59. The number of amides is 2. The number of halogens is 1. The number of urea groups is 1. The van der Waals surface area contributed by atoms with E-state index in [0.717, 1.165) is 12.0 Å². The zero-order valence-electron chi connectivity index (χ0n) is 18.0. The van der Waals surface area contributed by atoms with Gasteiger partial charge in [0, 0.05) is 32.1 Å². The van der Waals surface area contributed by atoms with Crippen molar-refractivity contribution in [3.63, 3.8) is 0 Å². The summed E-state index contributed by atoms with van der Waals surface area (Å²) in [5, 5.41) is 3.04. The molecule has 2 aromatic carbocycles. The van der Waals surface area contributed by atoms with Crippen LogP contribution in [0.2, 0.25) is 0 Å². The van der Waals surface area contributed by atoms with E-state index in [9.17, 15) is 14.0 Å². The number of hydrogen-bond donors (Lipinski definition) is 1. The molecule has 160 valence electrons. The number of nitrogens with one attached hydrogen (secondary N) is 1. The number of hydrogen-bond acceptors (Lipinski definition) is 3. The molecule has 0 fully saturated rings. The fourth-order valence-electron chi connectivity index (χ4n) is 3.80. The molecule has 3 rings (SSSR count). The van der Waals surface area contributed by atoms with Crippen molar-refractivity contribution in [3.05, 3.63) is 70.5 Å². The summed E-state index contributed by atoms with van der Waals surface area (Å²) >= 11 is 0. The van der Waals surface area contributed by atoms with Gasteiger partial charge < -0.3 is 15.1 Å². The van der Waals surface area contributed by atoms with Crippen LogP contribution in [0.3, 0.4) is 0 Å². The van der Waals surface area contributed by atoms with E-state index in [1.807, 2.05) is 36.0 Å². The van der Waals surface area contributed by atoms with Crippen LogP contribution >= 0.6 is 0 Å². The third-order valence-electron chi connectivity index (χ3n) is 5.76. The van der Waals surface area contributed by atoms with Gasteiger partial charge in [0.05, 0.1) is 5.56 Å². The molecule has 2 amide bonds. The number of ketones is 1. The number of likely N-dealkylation sites (N-methyl/N-ethyl adjacent to an activating group) is 1. The van der Waals surface area contributed by atoms with E-state index in [2.05, 4.69) is 17.4 Å². The van der Waals surface area contributed by atoms with E-state index in [1.54, 1.807) is 19.1 Å². The Bertz CT molecular complexity index is 913. The number of nitrogens with zero attached hydrogens (tertiary/aromatic N) is 2. The monoisotopic (exact) mass is 411 g/mol. The molecule has 1 atom stereocenters. The molecule has 1 aliphatic heterocycles. The standard InChI is InChI=1S/C24H30FN3O2/c1-4-23(29)21-10-9-17(14-22(21)25)13-20(27(2)3)15-26-24(30)28-12-11-18-7-5-6-8-19(18)16-28/h5-10,14,20H,4,11-13,15-16H2,1-3H3,(H,26,30)/t20-/m0/s1. The second-order valence-corrected chi connectivity index (χ2v) is 8.04. The second kappa shape index (κ2) is 9.85. The molecule has 0 saturated heterocycles. The summed E-state index contributed by atoms with van der Waals surface area (Å²) in [4.78, 5) is 28.3. The van der Waals surface area contributed by atoms with Crippen molar-refractivity contribution in [2.45, 2.75) is 38.8 Å². The summed E-state index contributed by atoms with van der Waals surface area (Å²) in [6.45, 7) is 3.50. The van der Waals surface area contributed by atoms with Crippen molar-refractivity contribution in [1.29, 1.82) is 0 Å². The van der Waals surface area contributed by atoms with Crippen molar-refractivity contribution in [2.75, 3.05) is 27.2 Å². The molecule has 0 radical (unpaired) electrons. The predicted octanol–water partition coefficient (Wildman–Crippen LogP) is 3.66. The number of carbonyl (C=O) groups excluding carboxylic acids is 2. The molecule has 1 heterocycles. The minimum absolute atomic E-state index is 0.0122. The molecule has 30 heavy (non-hydrogen) atoms. The number of Topliss-reactive ketones (excluding diaryl/α,β-unsaturated/α-hetero) is 1. The van der Waals surface area contributed by atoms with E-state index in [0.29, 0.717) is 26.1 Å². The molecule has 0 aliphatic carbocycles. The lowest BCUT2D eigenvalue weighted by Crippen LogP contribution is -2.48. The normalized spacial score (nSPS) is 14.4. The number of carbonyl (C=O) groups is 2. The van der Waals surface area contributed by atoms with Gasteiger partial charge in [-0.1, -0.05) is 37.3 Å². The summed E-state index contributed by atoms with van der Waals surface area (Å²) in [5.41, 5.74) is 3.45. The Morgan fingerprint density at radius 1 is 1.17 bits per heavy atom. The zero-order valence-corrected chi connectivity index (χ0v) is 18.0. The third kappa shape index (κ3) is 5.25. The molecule has 0 aromatic heterocycles. The van der Waals surface area contributed by atoms with Gasteiger partial charge in [0.1, 0.15) is 5.82 Å². The van der Waals surface area contributed by atoms with Crippen LogP contribution < -0.4 is 5.32 Å². The second-order valence-electron chi connectivity index (χ2n) is 8.04. The van der Waals surface area contributed by atoms with Gasteiger partial charge in [-0.2, -0.15) is 0 Å². The van der Waals surface area contributed by atoms with Gasteiger partial charge in [-0.15, -0.1) is 0 Å². The van der Waals surface area contributed by atoms with E-state index in [-0.39, 0.29) is 29.8 Å². The molecule has 6 heteroatoms. The predicted molar refractivity (Wildman–Crippen MR) is 116 cm³/mol. The minimum atomic E-state index is -0.479. The van der Waals surface area contributed by atoms with Crippen LogP contribution in [0.1, 0.15) is 40.4 Å². The molecular formula is C24H30FN3O2. The molecule has 0 bridgehead atoms. The Kier molecular flexibility index (Phi) is 7.21. The summed E-state index contributed by atoms with van der Waals surface area (Å²) in [7, 11) is 3.89. The SMILES string of the molecule is CCC(=O)c1ccc(C[C@@H](CNC(=O)N2CCc3ccccc3C2)N(C)C)cc1F. The van der Waals surface area contributed by atoms with Crippen molar-refractivity contribution >= 4 is 11.8 Å². The first-order chi connectivity index (χ1) is 14.4. The van der Waals surface area contributed by atoms with Crippen molar-refractivity contribution in [3.8, 4) is 0 Å². The minimum Gasteiger partial charge on any atom is -0.336 e. The average Bonchev–Trinajstić information content (AvgIpc) is 2.75. The van der Waals surface area contributed by atoms with Gasteiger partial charge in [0.15, 0.2) is 5.78 Å². The van der Waals surface area contributed by atoms with E-state index < -0.39 is 5.82 Å². The molecule has 2 aromatic rings. The van der Waals surface area contributed by atoms with E-state index in [1.165, 1.54) is 17.2 Å². The maximum Gasteiger partial charge on any atom is 0.317 e. The highest BCUT2D eigenvalue weighted by Crippen LogP contribution is 2.19. The van der Waals surface area contributed by atoms with Crippen LogP contribution in [0.4, 0.5) is 9.18 Å². The highest BCUT2D eigenvalue weighted by atomic mass is 19.1. The van der Waals surface area contributed by atoms with Crippen LogP contribution in [0.25, 0.3) is 0 Å². The topological polar surface area (TPSA) is 52.7 Å². The fourth-order valence-corrected chi connectivity index (χ4v) is 3.80. The summed E-state index contributed by atoms with van der Waals surface area (Å²) < 4.78 is 14.3. The molecule has 0 saturated carbocycles. The average molecular weight is 412 g/mol. The van der Waals surface area contributed by atoms with Crippen molar-refractivity contribution in [1.82, 2.24) is 15.1 Å². The Hall–Kier alpha value is -2.73. The zero-order chi connectivity index (χ0) is 21.7. The van der Waals surface area contributed by atoms with Gasteiger partial charge in [-0.25, -0.2) is 9.18 Å². The highest BCUT2D eigenvalue weighted by molar-refractivity contribution is 5.96. The summed E-state index contributed by atoms with van der Waals surface area (Å²) in [6, 6.07) is 12.9. The summed E-state index contributed by atoms with van der Waals surface area (Å²) in [5.74, 6) is -0.675. The first-order valence-corrected chi connectivity index (χ1v) is 10.5. The molecular weight excluding hydrogens is 381 g/mol. The quantitative estimate of drug-likeness (QED) is 0.708. The van der Waals surface area contributed by atoms with Crippen LogP contribution in [0, 0.1) is 5.82 Å². The number of benzene rings is 2. The van der Waals surface area contributed by atoms with Gasteiger partial charge in [-0.3, -0.25) is 4.79 Å². The first-order valence-electron chi connectivity index (χ1n) is 10.5. The van der Waals surface area contributed by atoms with Crippen LogP contribution in [0.15, 0.2) is 42.5 Å². The van der Waals surface area contributed by atoms with Crippen molar-refractivity contribution in [2.24, 2.45) is 0 Å². The maximum absolute atomic E-state index is 14.3. The number of rotatable bonds is 7. The molecule has 1 N–H and O–H groups in total. The first kappa shape index (κ1) is 22.0. The van der Waals surface area contributed by atoms with Gasteiger partial charge in [0.2, 0.25) is 0 Å². The molecule has 1 aliphatic rings. The smallest absolute Gasteiger partial charge is 0.317 e. The van der Waals surface area contributed by atoms with E-state index in [4.69, 9.17) is 0 Å². The van der Waals surface area contributed by atoms with Crippen LogP contribution in [-0.2, 0) is 19.4 Å². The van der Waals surface area contributed by atoms with Crippen molar-refractivity contribution < 1.29 is 14.0 Å². The van der Waals surface area contributed by atoms with Gasteiger partial charge >= 0.3 is 6.03 Å². The Morgan fingerprint density at radius 3 is 2.57 bits per heavy atom. The molecule has 5 nitrogen and oxygen atoms in total. The Labute approximate surface area is 177 Å². The van der Waals surface area contributed by atoms with E-state index >= 15 is 0 Å².